The number of hydrogen-bond acceptors (Lipinski definition) is 3. The third-order valence-corrected chi connectivity index (χ3v) is 5.13. The molecular formula is C15H22O4. The average Bonchev–Trinajstić information content (AvgIpc) is 2.33. The van der Waals surface area contributed by atoms with Crippen molar-refractivity contribution in [1.82, 2.24) is 0 Å². The lowest BCUT2D eigenvalue weighted by molar-refractivity contribution is -0.145. The molecule has 2 rings (SSSR count). The molecule has 4 atom stereocenters. The van der Waals surface area contributed by atoms with Crippen LogP contribution in [0.1, 0.15) is 46.5 Å². The Kier molecular flexibility index (Phi) is 3.56. The van der Waals surface area contributed by atoms with Crippen molar-refractivity contribution in [3.8, 4) is 0 Å². The minimum Gasteiger partial charge on any atom is -0.481 e. The Labute approximate surface area is 113 Å². The van der Waals surface area contributed by atoms with Crippen molar-refractivity contribution in [2.45, 2.75) is 52.6 Å². The van der Waals surface area contributed by atoms with Crippen LogP contribution in [0.25, 0.3) is 0 Å². The van der Waals surface area contributed by atoms with E-state index in [-0.39, 0.29) is 17.1 Å². The third-order valence-electron chi connectivity index (χ3n) is 5.13. The molecule has 2 N–H and O–H groups in total. The molecule has 0 amide bonds. The minimum absolute atomic E-state index is 0.133. The number of aliphatic hydroxyl groups is 1. The molecule has 1 saturated carbocycles. The summed E-state index contributed by atoms with van der Waals surface area (Å²) in [6.45, 7) is 5.57. The average molecular weight is 266 g/mol. The van der Waals surface area contributed by atoms with Gasteiger partial charge in [0.1, 0.15) is 0 Å². The summed E-state index contributed by atoms with van der Waals surface area (Å²) in [6.07, 6.45) is 1.81. The van der Waals surface area contributed by atoms with Crippen molar-refractivity contribution in [1.29, 1.82) is 0 Å². The standard InChI is InChI=1S/C15H22O4/c1-8(14(18)19)10-6-11-9(2)12(16)4-5-15(11,3)7-13(10)17/h8,10,13,17H,4-7H2,1-3H3,(H,18,19)/t8-,10+,13+,15+/m0/s1. The van der Waals surface area contributed by atoms with Crippen LogP contribution in [0.2, 0.25) is 0 Å². The number of hydrogen-bond donors (Lipinski definition) is 2. The second-order valence-corrected chi connectivity index (χ2v) is 6.35. The molecule has 4 nitrogen and oxygen atoms in total. The topological polar surface area (TPSA) is 74.6 Å². The van der Waals surface area contributed by atoms with Crippen LogP contribution < -0.4 is 0 Å². The van der Waals surface area contributed by atoms with Gasteiger partial charge in [-0.25, -0.2) is 0 Å². The van der Waals surface area contributed by atoms with Crippen LogP contribution in [0.3, 0.4) is 0 Å². The lowest BCUT2D eigenvalue weighted by atomic mass is 9.59. The Morgan fingerprint density at radius 1 is 1.47 bits per heavy atom. The van der Waals surface area contributed by atoms with E-state index in [4.69, 9.17) is 5.11 Å². The molecule has 2 aliphatic rings. The van der Waals surface area contributed by atoms with Crippen LogP contribution in [0.4, 0.5) is 0 Å². The fourth-order valence-corrected chi connectivity index (χ4v) is 3.65. The Balaban J connectivity index is 2.35. The number of allylic oxidation sites excluding steroid dienone is 2. The van der Waals surface area contributed by atoms with Crippen molar-refractivity contribution in [2.75, 3.05) is 0 Å². The van der Waals surface area contributed by atoms with Gasteiger partial charge in [0.15, 0.2) is 5.78 Å². The zero-order chi connectivity index (χ0) is 14.4. The van der Waals surface area contributed by atoms with E-state index < -0.39 is 18.0 Å². The Morgan fingerprint density at radius 2 is 2.11 bits per heavy atom. The molecule has 2 aliphatic carbocycles. The van der Waals surface area contributed by atoms with Gasteiger partial charge in [0.2, 0.25) is 0 Å². The van der Waals surface area contributed by atoms with E-state index in [1.165, 1.54) is 0 Å². The van der Waals surface area contributed by atoms with E-state index in [0.717, 1.165) is 17.6 Å². The van der Waals surface area contributed by atoms with Gasteiger partial charge in [-0.3, -0.25) is 9.59 Å². The second-order valence-electron chi connectivity index (χ2n) is 6.35. The van der Waals surface area contributed by atoms with Crippen LogP contribution >= 0.6 is 0 Å². The molecule has 0 spiro atoms. The van der Waals surface area contributed by atoms with Crippen molar-refractivity contribution < 1.29 is 19.8 Å². The van der Waals surface area contributed by atoms with Crippen LogP contribution in [-0.4, -0.2) is 28.1 Å². The summed E-state index contributed by atoms with van der Waals surface area (Å²) < 4.78 is 0. The normalized spacial score (nSPS) is 36.9. The smallest absolute Gasteiger partial charge is 0.306 e. The van der Waals surface area contributed by atoms with Gasteiger partial charge in [-0.2, -0.15) is 0 Å². The highest BCUT2D eigenvalue weighted by molar-refractivity contribution is 5.96. The number of ketones is 1. The summed E-state index contributed by atoms with van der Waals surface area (Å²) in [7, 11) is 0. The second kappa shape index (κ2) is 4.75. The highest BCUT2D eigenvalue weighted by Crippen LogP contribution is 2.51. The maximum atomic E-state index is 11.8. The Hall–Kier alpha value is -1.16. The zero-order valence-electron chi connectivity index (χ0n) is 11.8. The molecule has 0 aromatic rings. The van der Waals surface area contributed by atoms with Gasteiger partial charge in [-0.05, 0) is 37.2 Å². The van der Waals surface area contributed by atoms with E-state index in [1.54, 1.807) is 6.92 Å². The quantitative estimate of drug-likeness (QED) is 0.803. The number of carbonyl (C=O) groups excluding carboxylic acids is 1. The molecule has 0 bridgehead atoms. The molecule has 4 heteroatoms. The lowest BCUT2D eigenvalue weighted by Gasteiger charge is -2.46. The highest BCUT2D eigenvalue weighted by Gasteiger charge is 2.46. The predicted octanol–water partition coefficient (Wildman–Crippen LogP) is 2.16. The van der Waals surface area contributed by atoms with E-state index in [0.29, 0.717) is 19.3 Å². The van der Waals surface area contributed by atoms with Gasteiger partial charge in [-0.15, -0.1) is 0 Å². The Bertz CT molecular complexity index is 451. The molecule has 0 aromatic carbocycles. The molecule has 0 radical (unpaired) electrons. The monoisotopic (exact) mass is 266 g/mol. The number of aliphatic carboxylic acids is 1. The fourth-order valence-electron chi connectivity index (χ4n) is 3.65. The number of carboxylic acid groups (broad SMARTS) is 1. The number of rotatable bonds is 2. The van der Waals surface area contributed by atoms with E-state index in [1.807, 2.05) is 6.92 Å². The maximum Gasteiger partial charge on any atom is 0.306 e. The van der Waals surface area contributed by atoms with Crippen LogP contribution in [-0.2, 0) is 9.59 Å². The van der Waals surface area contributed by atoms with Crippen molar-refractivity contribution in [3.05, 3.63) is 11.1 Å². The summed E-state index contributed by atoms with van der Waals surface area (Å²) in [6, 6.07) is 0. The summed E-state index contributed by atoms with van der Waals surface area (Å²) in [5, 5.41) is 19.4. The van der Waals surface area contributed by atoms with Crippen LogP contribution in [0.15, 0.2) is 11.1 Å². The highest BCUT2D eigenvalue weighted by atomic mass is 16.4. The maximum absolute atomic E-state index is 11.8. The number of carbonyl (C=O) groups is 2. The molecule has 106 valence electrons. The van der Waals surface area contributed by atoms with Crippen LogP contribution in [0.5, 0.6) is 0 Å². The molecule has 0 unspecified atom stereocenters. The van der Waals surface area contributed by atoms with Gasteiger partial charge in [0, 0.05) is 12.3 Å². The predicted molar refractivity (Wildman–Crippen MR) is 70.6 cm³/mol. The van der Waals surface area contributed by atoms with Gasteiger partial charge < -0.3 is 10.2 Å². The van der Waals surface area contributed by atoms with Gasteiger partial charge >= 0.3 is 5.97 Å². The largest absolute Gasteiger partial charge is 0.481 e. The Morgan fingerprint density at radius 3 is 2.68 bits per heavy atom. The molecule has 0 heterocycles. The van der Waals surface area contributed by atoms with E-state index >= 15 is 0 Å². The lowest BCUT2D eigenvalue weighted by Crippen LogP contribution is -2.44. The zero-order valence-corrected chi connectivity index (χ0v) is 11.8. The summed E-state index contributed by atoms with van der Waals surface area (Å²) in [4.78, 5) is 23.0. The summed E-state index contributed by atoms with van der Waals surface area (Å²) in [5.41, 5.74) is 1.74. The van der Waals surface area contributed by atoms with Crippen molar-refractivity contribution in [3.63, 3.8) is 0 Å². The number of aliphatic hydroxyl groups excluding tert-OH is 1. The van der Waals surface area contributed by atoms with Crippen LogP contribution in [0, 0.1) is 17.3 Å². The molecule has 0 saturated heterocycles. The van der Waals surface area contributed by atoms with E-state index in [9.17, 15) is 14.7 Å². The first-order chi connectivity index (χ1) is 8.76. The number of Topliss-reactive ketones (excluding diaryl/α,β-unsaturated/α-hetero) is 1. The molecule has 0 aromatic heterocycles. The van der Waals surface area contributed by atoms with Gasteiger partial charge in [0.25, 0.3) is 0 Å². The van der Waals surface area contributed by atoms with Gasteiger partial charge in [-0.1, -0.05) is 19.4 Å². The molecule has 1 fully saturated rings. The number of carboxylic acids is 1. The van der Waals surface area contributed by atoms with E-state index in [2.05, 4.69) is 6.92 Å². The first-order valence-corrected chi connectivity index (χ1v) is 6.90. The first kappa shape index (κ1) is 14.3. The number of fused-ring (bicyclic) bond motifs is 1. The molecular weight excluding hydrogens is 244 g/mol. The third kappa shape index (κ3) is 2.34. The summed E-state index contributed by atoms with van der Waals surface area (Å²) >= 11 is 0. The molecule has 0 aliphatic heterocycles. The van der Waals surface area contributed by atoms with Gasteiger partial charge in [0.05, 0.1) is 12.0 Å². The van der Waals surface area contributed by atoms with Crippen molar-refractivity contribution >= 4 is 11.8 Å². The van der Waals surface area contributed by atoms with Crippen molar-refractivity contribution in [2.24, 2.45) is 17.3 Å². The molecule has 19 heavy (non-hydrogen) atoms. The first-order valence-electron chi connectivity index (χ1n) is 6.90. The summed E-state index contributed by atoms with van der Waals surface area (Å²) in [5.74, 6) is -1.59. The minimum atomic E-state index is -0.881. The SMILES string of the molecule is CC1=C2C[C@H]([C@H](C)C(=O)O)[C@H](O)C[C@@]2(C)CCC1=O. The fraction of sp³-hybridized carbons (Fsp3) is 0.733.